The molecule has 0 bridgehead atoms. The van der Waals surface area contributed by atoms with E-state index >= 15 is 0 Å². The van der Waals surface area contributed by atoms with E-state index in [0.717, 1.165) is 17.1 Å². The maximum absolute atomic E-state index is 11.6. The molecule has 0 radical (unpaired) electrons. The van der Waals surface area contributed by atoms with Crippen molar-refractivity contribution in [1.82, 2.24) is 4.98 Å². The second-order valence-corrected chi connectivity index (χ2v) is 4.72. The van der Waals surface area contributed by atoms with Gasteiger partial charge in [0.05, 0.1) is 12.2 Å². The van der Waals surface area contributed by atoms with Crippen molar-refractivity contribution < 1.29 is 9.53 Å². The van der Waals surface area contributed by atoms with Gasteiger partial charge in [0.2, 0.25) is 0 Å². The number of benzene rings is 1. The smallest absolute Gasteiger partial charge is 0.339 e. The summed E-state index contributed by atoms with van der Waals surface area (Å²) in [5.74, 6) is 0.442. The molecule has 2 aromatic rings. The Labute approximate surface area is 124 Å². The fourth-order valence-corrected chi connectivity index (χ4v) is 1.92. The van der Waals surface area contributed by atoms with Crippen molar-refractivity contribution in [1.29, 1.82) is 0 Å². The van der Waals surface area contributed by atoms with Gasteiger partial charge in [-0.25, -0.2) is 9.78 Å². The van der Waals surface area contributed by atoms with Crippen molar-refractivity contribution in [3.8, 4) is 0 Å². The van der Waals surface area contributed by atoms with Gasteiger partial charge in [0.15, 0.2) is 0 Å². The van der Waals surface area contributed by atoms with Gasteiger partial charge in [0.1, 0.15) is 5.82 Å². The molecule has 0 aliphatic carbocycles. The molecule has 2 N–H and O–H groups in total. The summed E-state index contributed by atoms with van der Waals surface area (Å²) in [6.45, 7) is 2.85. The Morgan fingerprint density at radius 3 is 2.52 bits per heavy atom. The molecular weight excluding hydrogens is 266 g/mol. The monoisotopic (exact) mass is 285 g/mol. The van der Waals surface area contributed by atoms with Crippen molar-refractivity contribution in [2.24, 2.45) is 0 Å². The van der Waals surface area contributed by atoms with E-state index in [4.69, 9.17) is 10.5 Å². The van der Waals surface area contributed by atoms with Gasteiger partial charge in [-0.15, -0.1) is 0 Å². The Hall–Kier alpha value is -2.56. The number of rotatable bonds is 5. The molecule has 0 amide bonds. The highest BCUT2D eigenvalue weighted by molar-refractivity contribution is 5.89. The van der Waals surface area contributed by atoms with Crippen LogP contribution in [0.15, 0.2) is 42.6 Å². The number of hydrogen-bond donors (Lipinski definition) is 1. The Balaban J connectivity index is 2.04. The molecule has 1 aromatic heterocycles. The number of nitrogens with zero attached hydrogens (tertiary/aromatic N) is 2. The zero-order valence-electron chi connectivity index (χ0n) is 12.2. The SMILES string of the molecule is CCOC(=O)c1ccc(N(C)Cc2ccc(N)cc2)nc1. The lowest BCUT2D eigenvalue weighted by molar-refractivity contribution is 0.0526. The molecule has 1 heterocycles. The van der Waals surface area contributed by atoms with Gasteiger partial charge in [-0.3, -0.25) is 0 Å². The Bertz CT molecular complexity index is 594. The van der Waals surface area contributed by atoms with Gasteiger partial charge < -0.3 is 15.4 Å². The number of ether oxygens (including phenoxy) is 1. The molecule has 0 saturated carbocycles. The Morgan fingerprint density at radius 2 is 1.95 bits per heavy atom. The predicted octanol–water partition coefficient (Wildman–Crippen LogP) is 2.48. The molecule has 0 atom stereocenters. The normalized spacial score (nSPS) is 10.2. The van der Waals surface area contributed by atoms with Crippen LogP contribution in [-0.4, -0.2) is 24.6 Å². The van der Waals surface area contributed by atoms with Crippen LogP contribution in [0.4, 0.5) is 11.5 Å². The van der Waals surface area contributed by atoms with Crippen LogP contribution >= 0.6 is 0 Å². The molecule has 0 aliphatic rings. The summed E-state index contributed by atoms with van der Waals surface area (Å²) in [4.78, 5) is 17.9. The van der Waals surface area contributed by atoms with Crippen LogP contribution in [0.3, 0.4) is 0 Å². The summed E-state index contributed by atoms with van der Waals surface area (Å²) in [5, 5.41) is 0. The fraction of sp³-hybridized carbons (Fsp3) is 0.250. The van der Waals surface area contributed by atoms with Gasteiger partial charge in [-0.1, -0.05) is 12.1 Å². The average molecular weight is 285 g/mol. The number of nitrogens with two attached hydrogens (primary N) is 1. The van der Waals surface area contributed by atoms with Crippen LogP contribution in [0, 0.1) is 0 Å². The Morgan fingerprint density at radius 1 is 1.24 bits per heavy atom. The minimum absolute atomic E-state index is 0.349. The first kappa shape index (κ1) is 14.8. The highest BCUT2D eigenvalue weighted by Crippen LogP contribution is 2.14. The summed E-state index contributed by atoms with van der Waals surface area (Å²) in [6, 6.07) is 11.3. The zero-order chi connectivity index (χ0) is 15.2. The first-order valence-electron chi connectivity index (χ1n) is 6.79. The van der Waals surface area contributed by atoms with Crippen LogP contribution in [0.2, 0.25) is 0 Å². The first-order valence-corrected chi connectivity index (χ1v) is 6.79. The number of pyridine rings is 1. The molecule has 2 rings (SSSR count). The molecule has 0 fully saturated rings. The Kier molecular flexibility index (Phi) is 4.77. The molecule has 21 heavy (non-hydrogen) atoms. The van der Waals surface area contributed by atoms with Crippen molar-refractivity contribution >= 4 is 17.5 Å². The summed E-state index contributed by atoms with van der Waals surface area (Å²) < 4.78 is 4.93. The van der Waals surface area contributed by atoms with Crippen molar-refractivity contribution in [3.05, 3.63) is 53.7 Å². The van der Waals surface area contributed by atoms with Crippen LogP contribution in [-0.2, 0) is 11.3 Å². The highest BCUT2D eigenvalue weighted by atomic mass is 16.5. The van der Waals surface area contributed by atoms with E-state index < -0.39 is 0 Å². The van der Waals surface area contributed by atoms with E-state index in [1.165, 1.54) is 6.20 Å². The quantitative estimate of drug-likeness (QED) is 0.675. The number of aromatic nitrogens is 1. The molecular formula is C16H19N3O2. The van der Waals surface area contributed by atoms with Gasteiger partial charge >= 0.3 is 5.97 Å². The van der Waals surface area contributed by atoms with Gasteiger partial charge in [0.25, 0.3) is 0 Å². The third-order valence-electron chi connectivity index (χ3n) is 3.05. The molecule has 0 spiro atoms. The third-order valence-corrected chi connectivity index (χ3v) is 3.05. The van der Waals surface area contributed by atoms with Crippen molar-refractivity contribution in [2.75, 3.05) is 24.3 Å². The topological polar surface area (TPSA) is 68.5 Å². The minimum Gasteiger partial charge on any atom is -0.462 e. The maximum atomic E-state index is 11.6. The third kappa shape index (κ3) is 3.95. The van der Waals surface area contributed by atoms with Gasteiger partial charge in [0, 0.05) is 25.5 Å². The van der Waals surface area contributed by atoms with E-state index in [1.54, 1.807) is 13.0 Å². The highest BCUT2D eigenvalue weighted by Gasteiger charge is 2.08. The van der Waals surface area contributed by atoms with Crippen LogP contribution in [0.1, 0.15) is 22.8 Å². The predicted molar refractivity (Wildman–Crippen MR) is 83.2 cm³/mol. The summed E-state index contributed by atoms with van der Waals surface area (Å²) in [5.41, 5.74) is 8.02. The number of carbonyl (C=O) groups is 1. The number of carbonyl (C=O) groups excluding carboxylic acids is 1. The van der Waals surface area contributed by atoms with Gasteiger partial charge in [-0.2, -0.15) is 0 Å². The number of nitrogen functional groups attached to an aromatic ring is 1. The molecule has 5 heteroatoms. The van der Waals surface area contributed by atoms with E-state index in [0.29, 0.717) is 18.7 Å². The molecule has 5 nitrogen and oxygen atoms in total. The second-order valence-electron chi connectivity index (χ2n) is 4.72. The first-order chi connectivity index (χ1) is 10.1. The molecule has 0 aliphatic heterocycles. The zero-order valence-corrected chi connectivity index (χ0v) is 12.2. The minimum atomic E-state index is -0.349. The molecule has 110 valence electrons. The second kappa shape index (κ2) is 6.74. The lowest BCUT2D eigenvalue weighted by Crippen LogP contribution is -2.18. The van der Waals surface area contributed by atoms with E-state index in [-0.39, 0.29) is 5.97 Å². The van der Waals surface area contributed by atoms with Crippen molar-refractivity contribution in [2.45, 2.75) is 13.5 Å². The van der Waals surface area contributed by atoms with Gasteiger partial charge in [-0.05, 0) is 36.8 Å². The number of esters is 1. The van der Waals surface area contributed by atoms with Crippen molar-refractivity contribution in [3.63, 3.8) is 0 Å². The molecule has 0 saturated heterocycles. The van der Waals surface area contributed by atoms with E-state index in [9.17, 15) is 4.79 Å². The average Bonchev–Trinajstić information content (AvgIpc) is 2.50. The standard InChI is InChI=1S/C16H19N3O2/c1-3-21-16(20)13-6-9-15(18-10-13)19(2)11-12-4-7-14(17)8-5-12/h4-10H,3,11,17H2,1-2H3. The lowest BCUT2D eigenvalue weighted by atomic mass is 10.2. The summed E-state index contributed by atoms with van der Waals surface area (Å²) in [6.07, 6.45) is 1.53. The number of anilines is 2. The summed E-state index contributed by atoms with van der Waals surface area (Å²) >= 11 is 0. The summed E-state index contributed by atoms with van der Waals surface area (Å²) in [7, 11) is 1.95. The lowest BCUT2D eigenvalue weighted by Gasteiger charge is -2.18. The van der Waals surface area contributed by atoms with Crippen LogP contribution < -0.4 is 10.6 Å². The maximum Gasteiger partial charge on any atom is 0.339 e. The molecule has 1 aromatic carbocycles. The van der Waals surface area contributed by atoms with E-state index in [2.05, 4.69) is 4.98 Å². The van der Waals surface area contributed by atoms with Crippen LogP contribution in [0.5, 0.6) is 0 Å². The number of hydrogen-bond acceptors (Lipinski definition) is 5. The fourth-order valence-electron chi connectivity index (χ4n) is 1.92. The van der Waals surface area contributed by atoms with E-state index in [1.807, 2.05) is 42.3 Å². The van der Waals surface area contributed by atoms with Crippen LogP contribution in [0.25, 0.3) is 0 Å². The molecule has 0 unspecified atom stereocenters. The largest absolute Gasteiger partial charge is 0.462 e.